The Hall–Kier alpha value is -3.87. The van der Waals surface area contributed by atoms with E-state index in [0.717, 1.165) is 10.4 Å². The monoisotopic (exact) mass is 701 g/mol. The first-order valence-corrected chi connectivity index (χ1v) is 16.3. The van der Waals surface area contributed by atoms with Crippen LogP contribution in [0, 0.1) is 5.21 Å². The number of thiophene rings is 1. The van der Waals surface area contributed by atoms with Crippen LogP contribution in [0.5, 0.6) is 11.5 Å². The zero-order valence-electron chi connectivity index (χ0n) is 26.5. The molecule has 0 aliphatic heterocycles. The highest BCUT2D eigenvalue weighted by atomic mass is 35.5. The van der Waals surface area contributed by atoms with Crippen molar-refractivity contribution in [1.82, 2.24) is 10.2 Å². The highest BCUT2D eigenvalue weighted by Crippen LogP contribution is 2.36. The molecule has 0 amide bonds. The van der Waals surface area contributed by atoms with Crippen LogP contribution in [0.3, 0.4) is 0 Å². The van der Waals surface area contributed by atoms with E-state index in [1.807, 2.05) is 55.4 Å². The maximum atomic E-state index is 13.5. The van der Waals surface area contributed by atoms with E-state index in [2.05, 4.69) is 5.32 Å². The molecule has 0 saturated heterocycles. The van der Waals surface area contributed by atoms with Crippen LogP contribution in [-0.4, -0.2) is 64.8 Å². The fourth-order valence-corrected chi connectivity index (χ4v) is 6.21. The Morgan fingerprint density at radius 3 is 2.32 bits per heavy atom. The van der Waals surface area contributed by atoms with Gasteiger partial charge in [-0.1, -0.05) is 59.6 Å². The van der Waals surface area contributed by atoms with Crippen LogP contribution in [0.1, 0.15) is 43.3 Å². The molecule has 1 N–H and O–H groups in total. The number of benzene rings is 2. The van der Waals surface area contributed by atoms with Gasteiger partial charge in [0.2, 0.25) is 0 Å². The normalized spacial score (nSPS) is 12.4. The molecular formula is C34H37Cl2N3O7S. The molecule has 2 aromatic carbocycles. The van der Waals surface area contributed by atoms with Crippen LogP contribution in [0.15, 0.2) is 73.1 Å². The Kier molecular flexibility index (Phi) is 13.3. The lowest BCUT2D eigenvalue weighted by Crippen LogP contribution is -2.29. The number of hydrogen-bond acceptors (Lipinski definition) is 10. The molecule has 47 heavy (non-hydrogen) atoms. The van der Waals surface area contributed by atoms with Crippen molar-refractivity contribution in [3.05, 3.63) is 115 Å². The number of methoxy groups -OCH3 is 2. The smallest absolute Gasteiger partial charge is 0.348 e. The number of carbonyl (C=O) groups is 2. The number of likely N-dealkylation sites (N-methyl/N-ethyl adjacent to an activating group) is 1. The van der Waals surface area contributed by atoms with Crippen LogP contribution in [0.25, 0.3) is 0 Å². The van der Waals surface area contributed by atoms with Gasteiger partial charge in [0.25, 0.3) is 0 Å². The summed E-state index contributed by atoms with van der Waals surface area (Å²) in [5.41, 5.74) is 1.93. The lowest BCUT2D eigenvalue weighted by atomic mass is 9.99. The summed E-state index contributed by atoms with van der Waals surface area (Å²) in [4.78, 5) is 29.6. The molecular weight excluding hydrogens is 665 g/mol. The Bertz CT molecular complexity index is 1630. The van der Waals surface area contributed by atoms with Crippen LogP contribution in [-0.2, 0) is 27.2 Å². The predicted octanol–water partition coefficient (Wildman–Crippen LogP) is 5.82. The van der Waals surface area contributed by atoms with Crippen LogP contribution < -0.4 is 19.5 Å². The fourth-order valence-electron chi connectivity index (χ4n) is 4.75. The second-order valence-corrected chi connectivity index (χ2v) is 12.8. The summed E-state index contributed by atoms with van der Waals surface area (Å²) in [5.74, 6) is -0.372. The molecule has 0 fully saturated rings. The summed E-state index contributed by atoms with van der Waals surface area (Å²) < 4.78 is 22.9. The average molecular weight is 703 g/mol. The van der Waals surface area contributed by atoms with Gasteiger partial charge >= 0.3 is 11.9 Å². The molecule has 0 aliphatic carbocycles. The number of hydrogen-bond donors (Lipinski definition) is 1. The summed E-state index contributed by atoms with van der Waals surface area (Å²) in [7, 11) is 6.88. The van der Waals surface area contributed by atoms with Gasteiger partial charge in [0.1, 0.15) is 27.6 Å². The van der Waals surface area contributed by atoms with Gasteiger partial charge in [-0.15, -0.1) is 11.3 Å². The maximum Gasteiger partial charge on any atom is 0.348 e. The summed E-state index contributed by atoms with van der Waals surface area (Å²) in [6.45, 7) is 1.71. The van der Waals surface area contributed by atoms with Crippen LogP contribution in [0.4, 0.5) is 0 Å². The number of ether oxygens (including phenoxy) is 4. The number of nitrogens with zero attached hydrogens (tertiary/aromatic N) is 2. The molecule has 0 spiro atoms. The summed E-state index contributed by atoms with van der Waals surface area (Å²) >= 11 is 14.0. The second kappa shape index (κ2) is 17.3. The van der Waals surface area contributed by atoms with Gasteiger partial charge in [-0.3, -0.25) is 4.79 Å². The Balaban J connectivity index is 1.47. The molecule has 1 unspecified atom stereocenters. The highest BCUT2D eigenvalue weighted by molar-refractivity contribution is 7.13. The largest absolute Gasteiger partial charge is 0.619 e. The third kappa shape index (κ3) is 10.1. The van der Waals surface area contributed by atoms with Gasteiger partial charge in [-0.05, 0) is 49.5 Å². The maximum absolute atomic E-state index is 13.5. The lowest BCUT2D eigenvalue weighted by molar-refractivity contribution is -0.605. The standard InChI is InChI=1S/C34H37Cl2N3O7S/c1-38(2)14-15-45-33(40)26(22-8-6-5-7-9-22)19-37-18-24-11-13-32(47-24)34(41)46-30(17-25-27(35)20-39(42)21-28(25)36)23-10-12-29(43-3)31(16-23)44-4/h5-13,16,20-21,26,30,37H,14-15,17-19H2,1-4H3/t26?,30-/m0/s1. The molecule has 4 aromatic rings. The van der Waals surface area contributed by atoms with Crippen molar-refractivity contribution in [1.29, 1.82) is 0 Å². The van der Waals surface area contributed by atoms with Crippen LogP contribution in [0.2, 0.25) is 10.0 Å². The lowest BCUT2D eigenvalue weighted by Gasteiger charge is -2.20. The number of nitrogens with one attached hydrogen (secondary N) is 1. The third-order valence-corrected chi connectivity index (χ3v) is 8.97. The van der Waals surface area contributed by atoms with Crippen molar-refractivity contribution in [2.24, 2.45) is 0 Å². The quantitative estimate of drug-likeness (QED) is 0.0877. The van der Waals surface area contributed by atoms with E-state index in [1.165, 1.54) is 38.0 Å². The van der Waals surface area contributed by atoms with Crippen molar-refractivity contribution >= 4 is 46.5 Å². The molecule has 0 bridgehead atoms. The molecule has 10 nitrogen and oxygen atoms in total. The minimum atomic E-state index is -0.825. The van der Waals surface area contributed by atoms with E-state index in [1.54, 1.807) is 24.3 Å². The number of aromatic nitrogens is 1. The molecule has 0 radical (unpaired) electrons. The number of pyridine rings is 1. The zero-order valence-corrected chi connectivity index (χ0v) is 28.9. The highest BCUT2D eigenvalue weighted by Gasteiger charge is 2.26. The molecule has 4 rings (SSSR count). The number of esters is 2. The number of carbonyl (C=O) groups excluding carboxylic acids is 2. The molecule has 2 heterocycles. The first kappa shape index (κ1) is 36.0. The van der Waals surface area contributed by atoms with E-state index >= 15 is 0 Å². The molecule has 2 atom stereocenters. The van der Waals surface area contributed by atoms with Gasteiger partial charge in [0.15, 0.2) is 23.9 Å². The van der Waals surface area contributed by atoms with Crippen molar-refractivity contribution < 1.29 is 33.3 Å². The summed E-state index contributed by atoms with van der Waals surface area (Å²) in [6.07, 6.45) is 1.67. The minimum Gasteiger partial charge on any atom is -0.619 e. The predicted molar refractivity (Wildman–Crippen MR) is 182 cm³/mol. The fraction of sp³-hybridized carbons (Fsp3) is 0.324. The van der Waals surface area contributed by atoms with Gasteiger partial charge in [-0.2, -0.15) is 4.73 Å². The van der Waals surface area contributed by atoms with E-state index < -0.39 is 18.0 Å². The summed E-state index contributed by atoms with van der Waals surface area (Å²) in [5, 5.41) is 15.5. The number of halogens is 2. The third-order valence-electron chi connectivity index (χ3n) is 7.26. The van der Waals surface area contributed by atoms with Gasteiger partial charge < -0.3 is 34.4 Å². The first-order chi connectivity index (χ1) is 22.6. The molecule has 2 aromatic heterocycles. The summed E-state index contributed by atoms with van der Waals surface area (Å²) in [6, 6.07) is 18.2. The second-order valence-electron chi connectivity index (χ2n) is 10.8. The van der Waals surface area contributed by atoms with Crippen LogP contribution >= 0.6 is 34.5 Å². The molecule has 0 aliphatic rings. The average Bonchev–Trinajstić information content (AvgIpc) is 3.53. The van der Waals surface area contributed by atoms with Crippen molar-refractivity contribution in [3.63, 3.8) is 0 Å². The van der Waals surface area contributed by atoms with Crippen molar-refractivity contribution in [3.8, 4) is 11.5 Å². The van der Waals surface area contributed by atoms with Gasteiger partial charge in [0, 0.05) is 36.5 Å². The molecule has 0 saturated carbocycles. The SMILES string of the molecule is COc1ccc([C@H](Cc2c(Cl)c[n+]([O-])cc2Cl)OC(=O)c2ccc(CNCC(C(=O)OCCN(C)C)c3ccccc3)s2)cc1OC. The molecule has 250 valence electrons. The minimum absolute atomic E-state index is 0.102. The Labute approximate surface area is 288 Å². The van der Waals surface area contributed by atoms with E-state index in [-0.39, 0.29) is 22.4 Å². The Morgan fingerprint density at radius 1 is 0.957 bits per heavy atom. The molecule has 13 heteroatoms. The van der Waals surface area contributed by atoms with Gasteiger partial charge in [-0.25, -0.2) is 4.79 Å². The van der Waals surface area contributed by atoms with E-state index in [4.69, 9.17) is 42.1 Å². The first-order valence-electron chi connectivity index (χ1n) is 14.7. The van der Waals surface area contributed by atoms with E-state index in [0.29, 0.717) is 58.5 Å². The zero-order chi connectivity index (χ0) is 33.9. The number of rotatable bonds is 16. The topological polar surface area (TPSA) is 113 Å². The van der Waals surface area contributed by atoms with Crippen molar-refractivity contribution in [2.45, 2.75) is 25.0 Å². The van der Waals surface area contributed by atoms with Crippen molar-refractivity contribution in [2.75, 3.05) is 48.0 Å². The van der Waals surface area contributed by atoms with E-state index in [9.17, 15) is 14.8 Å². The van der Waals surface area contributed by atoms with Gasteiger partial charge in [0.05, 0.1) is 20.1 Å². The Morgan fingerprint density at radius 2 is 1.66 bits per heavy atom.